The van der Waals surface area contributed by atoms with E-state index in [4.69, 9.17) is 29.1 Å². The lowest BCUT2D eigenvalue weighted by Crippen LogP contribution is -2.47. The van der Waals surface area contributed by atoms with Crippen LogP contribution in [0, 0.1) is 190 Å². The number of hydrogen-bond acceptors (Lipinski definition) is 7. The average molecular weight is 759 g/mol. The number of alkyl carbamates (subject to hydrolysis) is 1. The number of rotatable bonds is 18. The van der Waals surface area contributed by atoms with Gasteiger partial charge in [-0.3, -0.25) is 4.79 Å². The Morgan fingerprint density at radius 2 is 0.862 bits per heavy atom. The van der Waals surface area contributed by atoms with Crippen LogP contribution in [0.25, 0.3) is 0 Å². The van der Waals surface area contributed by atoms with Crippen LogP contribution in [0.5, 0.6) is 0 Å². The van der Waals surface area contributed by atoms with Crippen molar-refractivity contribution in [1.29, 1.82) is 0 Å². The van der Waals surface area contributed by atoms with Gasteiger partial charge in [0.25, 0.3) is 0 Å². The number of hydrogen-bond donors (Lipinski definition) is 6. The normalized spacial score (nSPS) is 7.81. The lowest BCUT2D eigenvalue weighted by molar-refractivity contribution is -0.123. The van der Waals surface area contributed by atoms with Crippen molar-refractivity contribution in [2.75, 3.05) is 45.8 Å². The van der Waals surface area contributed by atoms with Gasteiger partial charge in [-0.2, -0.15) is 0 Å². The average Bonchev–Trinajstić information content (AvgIpc) is 3.22. The second-order valence-electron chi connectivity index (χ2n) is 10.2. The Bertz CT molecular complexity index is 2270. The second kappa shape index (κ2) is 41.3. The first kappa shape index (κ1) is 49.5. The second-order valence-corrected chi connectivity index (χ2v) is 10.2. The van der Waals surface area contributed by atoms with Crippen molar-refractivity contribution < 1.29 is 14.3 Å². The van der Waals surface area contributed by atoms with Crippen molar-refractivity contribution in [3.63, 3.8) is 0 Å². The Morgan fingerprint density at radius 1 is 0.483 bits per heavy atom. The number of ether oxygens (including phenoxy) is 1. The zero-order valence-electron chi connectivity index (χ0n) is 31.9. The highest BCUT2D eigenvalue weighted by Gasteiger charge is 2.17. The molecular formula is C49H38N6O3. The van der Waals surface area contributed by atoms with Crippen LogP contribution in [0.4, 0.5) is 4.79 Å². The number of amides is 2. The zero-order valence-corrected chi connectivity index (χ0v) is 31.9. The van der Waals surface area contributed by atoms with Gasteiger partial charge in [0, 0.05) is 25.9 Å². The summed E-state index contributed by atoms with van der Waals surface area (Å²) in [5.41, 5.74) is 11.1. The van der Waals surface area contributed by atoms with Crippen molar-refractivity contribution in [3.05, 3.63) is 0 Å². The molecule has 58 heavy (non-hydrogen) atoms. The van der Waals surface area contributed by atoms with Gasteiger partial charge in [0.05, 0.1) is 6.04 Å². The molecule has 0 aromatic carbocycles. The SMILES string of the molecule is C#CC#CC#CC#CC#CC#CC#CC#CCC(CC#CC#CC#CC#CC#CC#CC#CC#C)OC(=O)NCCNC(=O)C(CCCNCCCN)NCCCN. The van der Waals surface area contributed by atoms with E-state index in [9.17, 15) is 9.59 Å². The highest BCUT2D eigenvalue weighted by Crippen LogP contribution is 2.03. The van der Waals surface area contributed by atoms with Crippen LogP contribution in [0.3, 0.4) is 0 Å². The number of carbonyl (C=O) groups excluding carboxylic acids is 2. The third kappa shape index (κ3) is 35.9. The molecule has 0 bridgehead atoms. The minimum Gasteiger partial charge on any atom is -0.444 e. The van der Waals surface area contributed by atoms with Crippen LogP contribution in [-0.2, 0) is 9.53 Å². The van der Waals surface area contributed by atoms with Gasteiger partial charge in [-0.05, 0) is 224 Å². The molecule has 0 aromatic heterocycles. The van der Waals surface area contributed by atoms with Gasteiger partial charge < -0.3 is 37.5 Å². The number of nitrogens with one attached hydrogen (secondary N) is 4. The molecule has 0 aliphatic rings. The number of nitrogens with two attached hydrogens (primary N) is 2. The summed E-state index contributed by atoms with van der Waals surface area (Å²) in [6, 6.07) is -0.392. The van der Waals surface area contributed by atoms with Gasteiger partial charge in [0.15, 0.2) is 0 Å². The van der Waals surface area contributed by atoms with Gasteiger partial charge in [0.2, 0.25) is 5.91 Å². The van der Waals surface area contributed by atoms with Gasteiger partial charge in [0.1, 0.15) is 6.10 Å². The van der Waals surface area contributed by atoms with Crippen molar-refractivity contribution in [3.8, 4) is 190 Å². The first-order valence-corrected chi connectivity index (χ1v) is 17.5. The quantitative estimate of drug-likeness (QED) is 0.0804. The molecule has 9 nitrogen and oxygen atoms in total. The smallest absolute Gasteiger partial charge is 0.407 e. The summed E-state index contributed by atoms with van der Waals surface area (Å²) in [5.74, 6) is 74.7. The highest BCUT2D eigenvalue weighted by atomic mass is 16.6. The minimum atomic E-state index is -0.722. The molecule has 0 aliphatic heterocycles. The molecule has 0 saturated carbocycles. The molecule has 0 spiro atoms. The molecule has 0 fully saturated rings. The fourth-order valence-electron chi connectivity index (χ4n) is 3.49. The molecule has 1 atom stereocenters. The van der Waals surface area contributed by atoms with E-state index in [0.717, 1.165) is 32.4 Å². The fraction of sp³-hybridized carbons (Fsp3) is 0.306. The fourth-order valence-corrected chi connectivity index (χ4v) is 3.49. The van der Waals surface area contributed by atoms with Gasteiger partial charge >= 0.3 is 6.09 Å². The molecule has 2 amide bonds. The van der Waals surface area contributed by atoms with Crippen LogP contribution in [-0.4, -0.2) is 70.0 Å². The number of carbonyl (C=O) groups is 2. The van der Waals surface area contributed by atoms with Crippen LogP contribution in [0.1, 0.15) is 38.5 Å². The first-order chi connectivity index (χ1) is 28.6. The summed E-state index contributed by atoms with van der Waals surface area (Å²) in [6.07, 6.45) is 11.8. The summed E-state index contributed by atoms with van der Waals surface area (Å²) in [4.78, 5) is 25.5. The standard InChI is InChI=1S/C49H38N6O3/c1-3-5-7-9-11-13-15-17-19-21-23-25-27-29-31-36-46(37-32-30-28-26-24-22-20-18-16-14-12-10-8-6-4-2)58-49(57)55-45-44-54-48(56)47(53-43-35-40-51)38-33-41-52-42-34-39-50/h1-2,46-47,52-53H,33-45,50-51H2,(H,54,56)(H,55,57). The van der Waals surface area contributed by atoms with Crippen LogP contribution < -0.4 is 32.7 Å². The molecule has 0 heterocycles. The lowest BCUT2D eigenvalue weighted by atomic mass is 10.1. The predicted octanol–water partition coefficient (Wildman–Crippen LogP) is -0.683. The van der Waals surface area contributed by atoms with Crippen molar-refractivity contribution in [1.82, 2.24) is 21.3 Å². The topological polar surface area (TPSA) is 144 Å². The van der Waals surface area contributed by atoms with E-state index in [1.807, 2.05) is 0 Å². The van der Waals surface area contributed by atoms with Crippen LogP contribution in [0.2, 0.25) is 0 Å². The molecule has 0 radical (unpaired) electrons. The van der Waals surface area contributed by atoms with Crippen LogP contribution in [0.15, 0.2) is 0 Å². The first-order valence-electron chi connectivity index (χ1n) is 17.5. The maximum atomic E-state index is 12.9. The van der Waals surface area contributed by atoms with Crippen molar-refractivity contribution in [2.45, 2.75) is 50.7 Å². The molecule has 9 heteroatoms. The van der Waals surface area contributed by atoms with E-state index < -0.39 is 18.2 Å². The number of terminal acetylenes is 2. The largest absolute Gasteiger partial charge is 0.444 e. The van der Waals surface area contributed by atoms with E-state index in [0.29, 0.717) is 26.1 Å². The molecule has 0 saturated heterocycles. The van der Waals surface area contributed by atoms with E-state index in [-0.39, 0.29) is 31.8 Å². The van der Waals surface area contributed by atoms with Gasteiger partial charge in [-0.25, -0.2) is 4.79 Å². The Kier molecular flexibility index (Phi) is 35.3. The molecule has 0 rings (SSSR count). The molecule has 0 aliphatic carbocycles. The molecule has 8 N–H and O–H groups in total. The maximum absolute atomic E-state index is 12.9. The lowest BCUT2D eigenvalue weighted by Gasteiger charge is -2.19. The maximum Gasteiger partial charge on any atom is 0.407 e. The Morgan fingerprint density at radius 3 is 1.29 bits per heavy atom. The van der Waals surface area contributed by atoms with E-state index in [2.05, 4.69) is 199 Å². The molecule has 0 aromatic rings. The zero-order chi connectivity index (χ0) is 42.3. The predicted molar refractivity (Wildman–Crippen MR) is 228 cm³/mol. The third-order valence-corrected chi connectivity index (χ3v) is 5.94. The highest BCUT2D eigenvalue weighted by molar-refractivity contribution is 5.81. The van der Waals surface area contributed by atoms with E-state index in [1.165, 1.54) is 0 Å². The molecular weight excluding hydrogens is 721 g/mol. The van der Waals surface area contributed by atoms with Gasteiger partial charge in [-0.15, -0.1) is 12.8 Å². The summed E-state index contributed by atoms with van der Waals surface area (Å²) in [7, 11) is 0. The van der Waals surface area contributed by atoms with Crippen LogP contribution >= 0.6 is 0 Å². The summed E-state index contributed by atoms with van der Waals surface area (Å²) >= 11 is 0. The molecule has 1 unspecified atom stereocenters. The summed E-state index contributed by atoms with van der Waals surface area (Å²) in [5, 5.41) is 12.0. The van der Waals surface area contributed by atoms with E-state index >= 15 is 0 Å². The Balaban J connectivity index is 5.39. The van der Waals surface area contributed by atoms with Crippen molar-refractivity contribution in [2.24, 2.45) is 11.5 Å². The van der Waals surface area contributed by atoms with E-state index in [1.54, 1.807) is 0 Å². The minimum absolute atomic E-state index is 0.116. The summed E-state index contributed by atoms with van der Waals surface area (Å²) < 4.78 is 5.53. The Hall–Kier alpha value is -8.46. The Labute approximate surface area is 345 Å². The third-order valence-electron chi connectivity index (χ3n) is 5.94. The van der Waals surface area contributed by atoms with Gasteiger partial charge in [-0.1, -0.05) is 11.8 Å². The van der Waals surface area contributed by atoms with Crippen molar-refractivity contribution >= 4 is 12.0 Å². The monoisotopic (exact) mass is 758 g/mol. The molecule has 282 valence electrons. The summed E-state index contributed by atoms with van der Waals surface area (Å²) in [6.45, 7) is 3.68.